The molecule has 3 heteroatoms. The lowest BCUT2D eigenvalue weighted by molar-refractivity contribution is 0.589. The molecule has 0 atom stereocenters. The summed E-state index contributed by atoms with van der Waals surface area (Å²) in [6.07, 6.45) is 0. The first-order chi connectivity index (χ1) is 7.81. The maximum Gasteiger partial charge on any atom is 0.0387 e. The van der Waals surface area contributed by atoms with E-state index in [4.69, 9.17) is 0 Å². The van der Waals surface area contributed by atoms with E-state index in [1.807, 2.05) is 0 Å². The predicted octanol–water partition coefficient (Wildman–Crippen LogP) is 1.55. The van der Waals surface area contributed by atoms with Gasteiger partial charge in [0, 0.05) is 51.1 Å². The van der Waals surface area contributed by atoms with E-state index in [9.17, 15) is 0 Å². The molecule has 0 bridgehead atoms. The Kier molecular flexibility index (Phi) is 3.67. The molecular formula is C13H21N3. The zero-order chi connectivity index (χ0) is 11.4. The van der Waals surface area contributed by atoms with Crippen molar-refractivity contribution in [1.82, 2.24) is 5.32 Å². The largest absolute Gasteiger partial charge is 0.375 e. The van der Waals surface area contributed by atoms with Gasteiger partial charge in [-0.05, 0) is 25.1 Å². The van der Waals surface area contributed by atoms with Crippen LogP contribution in [0.1, 0.15) is 6.92 Å². The topological polar surface area (TPSA) is 18.5 Å². The van der Waals surface area contributed by atoms with E-state index in [0.717, 1.165) is 32.7 Å². The molecular weight excluding hydrogens is 198 g/mol. The standard InChI is InChI=1S/C13H21N3/c1-3-15(2)12-5-4-6-13(11-12)16-9-7-14-8-10-16/h4-6,11,14H,3,7-10H2,1-2H3. The van der Waals surface area contributed by atoms with Gasteiger partial charge in [-0.25, -0.2) is 0 Å². The molecule has 0 aliphatic carbocycles. The van der Waals surface area contributed by atoms with Gasteiger partial charge >= 0.3 is 0 Å². The highest BCUT2D eigenvalue weighted by atomic mass is 15.2. The molecule has 2 rings (SSSR count). The van der Waals surface area contributed by atoms with Gasteiger partial charge in [-0.2, -0.15) is 0 Å². The van der Waals surface area contributed by atoms with Gasteiger partial charge in [-0.1, -0.05) is 6.07 Å². The Labute approximate surface area is 98.0 Å². The van der Waals surface area contributed by atoms with E-state index in [0.29, 0.717) is 0 Å². The fourth-order valence-electron chi connectivity index (χ4n) is 2.03. The van der Waals surface area contributed by atoms with Crippen molar-refractivity contribution >= 4 is 11.4 Å². The van der Waals surface area contributed by atoms with Gasteiger partial charge in [0.15, 0.2) is 0 Å². The van der Waals surface area contributed by atoms with Crippen molar-refractivity contribution < 1.29 is 0 Å². The summed E-state index contributed by atoms with van der Waals surface area (Å²) in [7, 11) is 2.14. The lowest BCUT2D eigenvalue weighted by Gasteiger charge is -2.30. The Balaban J connectivity index is 2.14. The fourth-order valence-corrected chi connectivity index (χ4v) is 2.03. The van der Waals surface area contributed by atoms with Gasteiger partial charge in [0.05, 0.1) is 0 Å². The summed E-state index contributed by atoms with van der Waals surface area (Å²) < 4.78 is 0. The van der Waals surface area contributed by atoms with Gasteiger partial charge in [-0.3, -0.25) is 0 Å². The van der Waals surface area contributed by atoms with Gasteiger partial charge in [0.2, 0.25) is 0 Å². The smallest absolute Gasteiger partial charge is 0.0387 e. The van der Waals surface area contributed by atoms with E-state index >= 15 is 0 Å². The summed E-state index contributed by atoms with van der Waals surface area (Å²) in [6.45, 7) is 7.63. The third kappa shape index (κ3) is 2.47. The number of anilines is 2. The van der Waals surface area contributed by atoms with Crippen LogP contribution >= 0.6 is 0 Å². The summed E-state index contributed by atoms with van der Waals surface area (Å²) in [5.41, 5.74) is 2.65. The van der Waals surface area contributed by atoms with Crippen molar-refractivity contribution in [3.63, 3.8) is 0 Å². The highest BCUT2D eigenvalue weighted by Crippen LogP contribution is 2.21. The van der Waals surface area contributed by atoms with Crippen molar-refractivity contribution in [2.45, 2.75) is 6.92 Å². The molecule has 1 aromatic carbocycles. The molecule has 3 nitrogen and oxygen atoms in total. The second-order valence-corrected chi connectivity index (χ2v) is 4.27. The summed E-state index contributed by atoms with van der Waals surface area (Å²) in [5, 5.41) is 3.38. The van der Waals surface area contributed by atoms with Crippen molar-refractivity contribution in [1.29, 1.82) is 0 Å². The quantitative estimate of drug-likeness (QED) is 0.832. The molecule has 88 valence electrons. The van der Waals surface area contributed by atoms with E-state index in [2.05, 4.69) is 53.4 Å². The number of rotatable bonds is 3. The Morgan fingerprint density at radius 2 is 2.06 bits per heavy atom. The van der Waals surface area contributed by atoms with Crippen molar-refractivity contribution in [3.05, 3.63) is 24.3 Å². The first-order valence-corrected chi connectivity index (χ1v) is 6.08. The number of nitrogens with zero attached hydrogens (tertiary/aromatic N) is 2. The maximum atomic E-state index is 3.38. The number of hydrogen-bond donors (Lipinski definition) is 1. The summed E-state index contributed by atoms with van der Waals surface area (Å²) in [4.78, 5) is 4.72. The van der Waals surface area contributed by atoms with Crippen molar-refractivity contribution in [2.24, 2.45) is 0 Å². The Bertz CT molecular complexity index is 332. The predicted molar refractivity (Wildman–Crippen MR) is 70.5 cm³/mol. The third-order valence-corrected chi connectivity index (χ3v) is 3.23. The molecule has 0 radical (unpaired) electrons. The fraction of sp³-hybridized carbons (Fsp3) is 0.538. The first-order valence-electron chi connectivity index (χ1n) is 6.08. The zero-order valence-corrected chi connectivity index (χ0v) is 10.2. The SMILES string of the molecule is CCN(C)c1cccc(N2CCNCC2)c1. The number of nitrogens with one attached hydrogen (secondary N) is 1. The van der Waals surface area contributed by atoms with Gasteiger partial charge in [0.25, 0.3) is 0 Å². The zero-order valence-electron chi connectivity index (χ0n) is 10.2. The molecule has 1 fully saturated rings. The van der Waals surface area contributed by atoms with Crippen LogP contribution in [0.4, 0.5) is 11.4 Å². The van der Waals surface area contributed by atoms with Crippen molar-refractivity contribution in [2.75, 3.05) is 49.6 Å². The first kappa shape index (κ1) is 11.3. The molecule has 1 aromatic rings. The van der Waals surface area contributed by atoms with Crippen LogP contribution in [0.5, 0.6) is 0 Å². The molecule has 0 amide bonds. The minimum absolute atomic E-state index is 1.05. The molecule has 0 saturated carbocycles. The molecule has 16 heavy (non-hydrogen) atoms. The number of benzene rings is 1. The van der Waals surface area contributed by atoms with Crippen molar-refractivity contribution in [3.8, 4) is 0 Å². The summed E-state index contributed by atoms with van der Waals surface area (Å²) in [6, 6.07) is 8.82. The van der Waals surface area contributed by atoms with E-state index in [1.54, 1.807) is 0 Å². The van der Waals surface area contributed by atoms with Crippen LogP contribution < -0.4 is 15.1 Å². The minimum Gasteiger partial charge on any atom is -0.375 e. The van der Waals surface area contributed by atoms with Crippen LogP contribution in [0, 0.1) is 0 Å². The highest BCUT2D eigenvalue weighted by molar-refractivity contribution is 5.59. The average Bonchev–Trinajstić information content (AvgIpc) is 2.39. The van der Waals surface area contributed by atoms with Gasteiger partial charge < -0.3 is 15.1 Å². The second kappa shape index (κ2) is 5.21. The second-order valence-electron chi connectivity index (χ2n) is 4.27. The normalized spacial score (nSPS) is 16.2. The van der Waals surface area contributed by atoms with Crippen LogP contribution in [0.3, 0.4) is 0 Å². The molecule has 0 aromatic heterocycles. The monoisotopic (exact) mass is 219 g/mol. The van der Waals surface area contributed by atoms with E-state index < -0.39 is 0 Å². The lowest BCUT2D eigenvalue weighted by Crippen LogP contribution is -2.43. The molecule has 1 aliphatic rings. The summed E-state index contributed by atoms with van der Waals surface area (Å²) >= 11 is 0. The van der Waals surface area contributed by atoms with Gasteiger partial charge in [-0.15, -0.1) is 0 Å². The van der Waals surface area contributed by atoms with Crippen LogP contribution in [-0.2, 0) is 0 Å². The average molecular weight is 219 g/mol. The molecule has 1 N–H and O–H groups in total. The number of hydrogen-bond acceptors (Lipinski definition) is 3. The Morgan fingerprint density at radius 3 is 2.75 bits per heavy atom. The van der Waals surface area contributed by atoms with Crippen LogP contribution in [0.2, 0.25) is 0 Å². The van der Waals surface area contributed by atoms with Crippen LogP contribution in [-0.4, -0.2) is 39.8 Å². The maximum absolute atomic E-state index is 3.38. The molecule has 1 saturated heterocycles. The number of piperazine rings is 1. The Hall–Kier alpha value is -1.22. The molecule has 1 heterocycles. The van der Waals surface area contributed by atoms with Crippen LogP contribution in [0.15, 0.2) is 24.3 Å². The molecule has 1 aliphatic heterocycles. The third-order valence-electron chi connectivity index (χ3n) is 3.23. The van der Waals surface area contributed by atoms with E-state index in [1.165, 1.54) is 11.4 Å². The Morgan fingerprint density at radius 1 is 1.31 bits per heavy atom. The highest BCUT2D eigenvalue weighted by Gasteiger charge is 2.10. The summed E-state index contributed by atoms with van der Waals surface area (Å²) in [5.74, 6) is 0. The minimum atomic E-state index is 1.05. The van der Waals surface area contributed by atoms with Crippen LogP contribution in [0.25, 0.3) is 0 Å². The lowest BCUT2D eigenvalue weighted by atomic mass is 10.2. The molecule has 0 unspecified atom stereocenters. The van der Waals surface area contributed by atoms with E-state index in [-0.39, 0.29) is 0 Å². The van der Waals surface area contributed by atoms with Gasteiger partial charge in [0.1, 0.15) is 0 Å². The molecule has 0 spiro atoms.